The molecule has 14 heteroatoms. The predicted octanol–water partition coefficient (Wildman–Crippen LogP) is -0.722. The number of carbonyl (C=O) groups is 1. The number of hydrogen-bond donors (Lipinski definition) is 8. The highest BCUT2D eigenvalue weighted by atomic mass is 16.7. The number of phenolic OH excluding ortho intramolecular Hbond substituents is 3. The zero-order chi connectivity index (χ0) is 31.3. The molecule has 2 aromatic carbocycles. The lowest BCUT2D eigenvalue weighted by molar-refractivity contribution is -0.357. The maximum absolute atomic E-state index is 12.8. The minimum Gasteiger partial charge on any atom is -0.508 e. The summed E-state index contributed by atoms with van der Waals surface area (Å²) in [6.07, 6.45) is -12.1. The van der Waals surface area contributed by atoms with Crippen molar-refractivity contribution in [1.29, 1.82) is 0 Å². The first-order chi connectivity index (χ1) is 20.5. The Morgan fingerprint density at radius 3 is 2.26 bits per heavy atom. The van der Waals surface area contributed by atoms with Crippen molar-refractivity contribution in [2.75, 3.05) is 13.2 Å². The quantitative estimate of drug-likeness (QED) is 0.0947. The summed E-state index contributed by atoms with van der Waals surface area (Å²) >= 11 is 0. The van der Waals surface area contributed by atoms with E-state index in [0.29, 0.717) is 12.0 Å². The summed E-state index contributed by atoms with van der Waals surface area (Å²) in [4.78, 5) is 12.8. The first-order valence-corrected chi connectivity index (χ1v) is 13.6. The molecule has 10 atom stereocenters. The van der Waals surface area contributed by atoms with Gasteiger partial charge in [0.25, 0.3) is 0 Å². The highest BCUT2D eigenvalue weighted by molar-refractivity contribution is 5.87. The van der Waals surface area contributed by atoms with Gasteiger partial charge in [0.05, 0.1) is 19.3 Å². The molecule has 2 aromatic rings. The largest absolute Gasteiger partial charge is 0.508 e. The Bertz CT molecular complexity index is 1240. The van der Waals surface area contributed by atoms with Crippen LogP contribution in [0.1, 0.15) is 18.1 Å². The minimum atomic E-state index is -1.75. The lowest BCUT2D eigenvalue weighted by atomic mass is 9.97. The Labute approximate surface area is 246 Å². The number of aliphatic hydroxyl groups excluding tert-OH is 5. The predicted molar refractivity (Wildman–Crippen MR) is 145 cm³/mol. The van der Waals surface area contributed by atoms with Crippen LogP contribution in [0.4, 0.5) is 0 Å². The van der Waals surface area contributed by atoms with Crippen LogP contribution in [0.2, 0.25) is 0 Å². The van der Waals surface area contributed by atoms with Crippen molar-refractivity contribution in [2.24, 2.45) is 0 Å². The van der Waals surface area contributed by atoms with Gasteiger partial charge in [-0.3, -0.25) is 0 Å². The molecule has 236 valence electrons. The second-order valence-corrected chi connectivity index (χ2v) is 10.3. The molecule has 0 aliphatic carbocycles. The average molecular weight is 609 g/mol. The molecule has 8 N–H and O–H groups in total. The van der Waals surface area contributed by atoms with Crippen LogP contribution in [0, 0.1) is 0 Å². The normalized spacial score (nSPS) is 33.0. The number of aliphatic hydroxyl groups is 5. The number of phenols is 3. The molecule has 4 rings (SSSR count). The van der Waals surface area contributed by atoms with Crippen molar-refractivity contribution in [3.63, 3.8) is 0 Å². The van der Waals surface area contributed by atoms with Crippen molar-refractivity contribution in [2.45, 2.75) is 74.8 Å². The number of hydrogen-bond acceptors (Lipinski definition) is 14. The maximum Gasteiger partial charge on any atom is 0.331 e. The fourth-order valence-corrected chi connectivity index (χ4v) is 4.69. The number of carbonyl (C=O) groups excluding carboxylic acids is 1. The lowest BCUT2D eigenvalue weighted by Gasteiger charge is -2.46. The van der Waals surface area contributed by atoms with Gasteiger partial charge in [-0.2, -0.15) is 0 Å². The molecule has 2 saturated heterocycles. The van der Waals surface area contributed by atoms with Gasteiger partial charge in [-0.25, -0.2) is 4.79 Å². The highest BCUT2D eigenvalue weighted by Crippen LogP contribution is 2.31. The smallest absolute Gasteiger partial charge is 0.331 e. The van der Waals surface area contributed by atoms with E-state index in [0.717, 1.165) is 11.6 Å². The second kappa shape index (κ2) is 14.4. The SMILES string of the molecule is C[C@@H]1O[C@@H](O[C@@H]2[C@@H](O)[C@H](OCCc3ccc(O)cc3)O[C@H](CO)[C@H]2OC(=O)/C=C/c2ccc(O)c(O)c2)[C@H](O)[C@H](O)[C@H]1O. The summed E-state index contributed by atoms with van der Waals surface area (Å²) in [5.74, 6) is -1.62. The van der Waals surface area contributed by atoms with E-state index in [4.69, 9.17) is 23.7 Å². The van der Waals surface area contributed by atoms with Crippen LogP contribution in [0.15, 0.2) is 48.5 Å². The van der Waals surface area contributed by atoms with E-state index in [9.17, 15) is 45.6 Å². The summed E-state index contributed by atoms with van der Waals surface area (Å²) in [6.45, 7) is 0.768. The summed E-state index contributed by atoms with van der Waals surface area (Å²) in [6, 6.07) is 10.2. The molecule has 0 unspecified atom stereocenters. The Balaban J connectivity index is 1.52. The van der Waals surface area contributed by atoms with Crippen molar-refractivity contribution in [1.82, 2.24) is 0 Å². The third kappa shape index (κ3) is 8.00. The Morgan fingerprint density at radius 2 is 1.58 bits per heavy atom. The zero-order valence-corrected chi connectivity index (χ0v) is 23.1. The fraction of sp³-hybridized carbons (Fsp3) is 0.483. The monoisotopic (exact) mass is 608 g/mol. The van der Waals surface area contributed by atoms with Crippen LogP contribution in [-0.2, 0) is 34.9 Å². The first-order valence-electron chi connectivity index (χ1n) is 13.6. The molecule has 14 nitrogen and oxygen atoms in total. The Hall–Kier alpha value is -3.31. The van der Waals surface area contributed by atoms with Crippen LogP contribution in [0.25, 0.3) is 6.08 Å². The minimum absolute atomic E-state index is 0.0362. The van der Waals surface area contributed by atoms with Crippen molar-refractivity contribution < 1.29 is 69.3 Å². The van der Waals surface area contributed by atoms with Gasteiger partial charge in [-0.05, 0) is 54.8 Å². The van der Waals surface area contributed by atoms with E-state index in [1.165, 1.54) is 43.3 Å². The summed E-state index contributed by atoms with van der Waals surface area (Å²) < 4.78 is 28.3. The van der Waals surface area contributed by atoms with Gasteiger partial charge in [0.2, 0.25) is 0 Å². The highest BCUT2D eigenvalue weighted by Gasteiger charge is 2.52. The van der Waals surface area contributed by atoms with E-state index in [1.807, 2.05) is 0 Å². The van der Waals surface area contributed by atoms with Crippen LogP contribution < -0.4 is 0 Å². The number of ether oxygens (including phenoxy) is 5. The third-order valence-electron chi connectivity index (χ3n) is 7.17. The molecule has 0 spiro atoms. The van der Waals surface area contributed by atoms with Gasteiger partial charge in [0.15, 0.2) is 30.2 Å². The van der Waals surface area contributed by atoms with Gasteiger partial charge in [-0.15, -0.1) is 0 Å². The molecule has 0 saturated carbocycles. The average Bonchev–Trinajstić information content (AvgIpc) is 2.99. The number of esters is 1. The summed E-state index contributed by atoms with van der Waals surface area (Å²) in [7, 11) is 0. The van der Waals surface area contributed by atoms with Crippen molar-refractivity contribution in [3.05, 3.63) is 59.7 Å². The van der Waals surface area contributed by atoms with Gasteiger partial charge >= 0.3 is 5.97 Å². The molecule has 2 aliphatic rings. The fourth-order valence-electron chi connectivity index (χ4n) is 4.69. The number of benzene rings is 2. The molecule has 2 fully saturated rings. The van der Waals surface area contributed by atoms with E-state index in [-0.39, 0.29) is 18.1 Å². The molecule has 2 aliphatic heterocycles. The molecule has 0 radical (unpaired) electrons. The van der Waals surface area contributed by atoms with Gasteiger partial charge in [-0.1, -0.05) is 18.2 Å². The van der Waals surface area contributed by atoms with E-state index >= 15 is 0 Å². The third-order valence-corrected chi connectivity index (χ3v) is 7.17. The Morgan fingerprint density at radius 1 is 0.860 bits per heavy atom. The lowest BCUT2D eigenvalue weighted by Crippen LogP contribution is -2.65. The first kappa shape index (κ1) is 32.6. The zero-order valence-electron chi connectivity index (χ0n) is 23.1. The molecule has 2 heterocycles. The standard InChI is InChI=1S/C29H36O14/c1-14-22(35)23(36)24(37)29(40-14)43-27-25(38)28(39-11-10-15-2-6-17(31)7-3-15)41-20(13-30)26(27)42-21(34)9-5-16-4-8-18(32)19(33)12-16/h2-9,12,14,20,22-33,35-38H,10-11,13H2,1H3/b9-5+/t14-,20+,22-,23+,24+,25+,26+,27+,28+,29-/m0/s1. The van der Waals surface area contributed by atoms with Crippen LogP contribution in [0.5, 0.6) is 17.2 Å². The van der Waals surface area contributed by atoms with Crippen LogP contribution in [-0.4, -0.2) is 121 Å². The second-order valence-electron chi connectivity index (χ2n) is 10.3. The Kier molecular flexibility index (Phi) is 10.9. The van der Waals surface area contributed by atoms with Gasteiger partial charge in [0.1, 0.15) is 42.4 Å². The van der Waals surface area contributed by atoms with E-state index in [2.05, 4.69) is 0 Å². The number of aromatic hydroxyl groups is 3. The van der Waals surface area contributed by atoms with Gasteiger partial charge in [0, 0.05) is 6.08 Å². The molecule has 43 heavy (non-hydrogen) atoms. The van der Waals surface area contributed by atoms with Gasteiger partial charge < -0.3 is 64.5 Å². The molecular weight excluding hydrogens is 572 g/mol. The molecule has 0 aromatic heterocycles. The molecule has 0 bridgehead atoms. The summed E-state index contributed by atoms with van der Waals surface area (Å²) in [5.41, 5.74) is 1.16. The molecule has 0 amide bonds. The molecular formula is C29H36O14. The summed E-state index contributed by atoms with van der Waals surface area (Å²) in [5, 5.41) is 80.7. The van der Waals surface area contributed by atoms with Crippen molar-refractivity contribution >= 4 is 12.0 Å². The topological polar surface area (TPSA) is 225 Å². The van der Waals surface area contributed by atoms with Crippen LogP contribution in [0.3, 0.4) is 0 Å². The van der Waals surface area contributed by atoms with E-state index < -0.39 is 79.7 Å². The van der Waals surface area contributed by atoms with E-state index in [1.54, 1.807) is 12.1 Å². The van der Waals surface area contributed by atoms with Crippen LogP contribution >= 0.6 is 0 Å². The number of rotatable bonds is 10. The maximum atomic E-state index is 12.8. The van der Waals surface area contributed by atoms with Crippen molar-refractivity contribution in [3.8, 4) is 17.2 Å².